The monoisotopic (exact) mass is 298 g/mol. The molecule has 5 heteroatoms. The number of amides is 1. The van der Waals surface area contributed by atoms with E-state index < -0.39 is 0 Å². The van der Waals surface area contributed by atoms with Gasteiger partial charge >= 0.3 is 0 Å². The number of nitrogens with zero attached hydrogens (tertiary/aromatic N) is 1. The summed E-state index contributed by atoms with van der Waals surface area (Å²) in [6.45, 7) is 3.82. The van der Waals surface area contributed by atoms with Crippen molar-refractivity contribution >= 4 is 17.8 Å². The maximum atomic E-state index is 11.9. The van der Waals surface area contributed by atoms with E-state index in [2.05, 4.69) is 10.3 Å². The van der Waals surface area contributed by atoms with Crippen LogP contribution in [0.25, 0.3) is 6.08 Å². The minimum absolute atomic E-state index is 0.0588. The minimum Gasteiger partial charge on any atom is -0.504 e. The number of carbonyl (C=O) groups is 1. The van der Waals surface area contributed by atoms with Crippen molar-refractivity contribution in [1.29, 1.82) is 0 Å². The van der Waals surface area contributed by atoms with Gasteiger partial charge in [-0.05, 0) is 55.3 Å². The minimum atomic E-state index is -0.274. The summed E-state index contributed by atoms with van der Waals surface area (Å²) in [6, 6.07) is 8.60. The smallest absolute Gasteiger partial charge is 0.249 e. The SMILES string of the molecule is COc1cc(/C=C/C(=O)Nc2cc(C)cc(C)n2)ccc1O. The van der Waals surface area contributed by atoms with Crippen molar-refractivity contribution in [3.63, 3.8) is 0 Å². The number of benzene rings is 1. The molecule has 5 nitrogen and oxygen atoms in total. The van der Waals surface area contributed by atoms with E-state index in [4.69, 9.17) is 4.74 Å². The third kappa shape index (κ3) is 4.09. The van der Waals surface area contributed by atoms with E-state index in [0.29, 0.717) is 11.6 Å². The van der Waals surface area contributed by atoms with Crippen LogP contribution >= 0.6 is 0 Å². The quantitative estimate of drug-likeness (QED) is 0.851. The van der Waals surface area contributed by atoms with Gasteiger partial charge in [-0.3, -0.25) is 4.79 Å². The molecule has 0 saturated carbocycles. The Morgan fingerprint density at radius 3 is 2.73 bits per heavy atom. The zero-order valence-electron chi connectivity index (χ0n) is 12.8. The van der Waals surface area contributed by atoms with Gasteiger partial charge in [0.1, 0.15) is 5.82 Å². The topological polar surface area (TPSA) is 71.5 Å². The lowest BCUT2D eigenvalue weighted by Gasteiger charge is -2.05. The number of pyridine rings is 1. The second kappa shape index (κ2) is 6.76. The van der Waals surface area contributed by atoms with Gasteiger partial charge in [0, 0.05) is 11.8 Å². The van der Waals surface area contributed by atoms with Gasteiger partial charge in [-0.1, -0.05) is 6.07 Å². The van der Waals surface area contributed by atoms with Crippen molar-refractivity contribution in [2.75, 3.05) is 12.4 Å². The highest BCUT2D eigenvalue weighted by molar-refractivity contribution is 6.01. The van der Waals surface area contributed by atoms with E-state index in [-0.39, 0.29) is 11.7 Å². The first-order chi connectivity index (χ1) is 10.5. The molecule has 0 saturated heterocycles. The van der Waals surface area contributed by atoms with Gasteiger partial charge in [0.25, 0.3) is 0 Å². The maximum absolute atomic E-state index is 11.9. The fourth-order valence-corrected chi connectivity index (χ4v) is 2.04. The molecule has 1 heterocycles. The Balaban J connectivity index is 2.08. The van der Waals surface area contributed by atoms with Gasteiger partial charge in [0.05, 0.1) is 7.11 Å². The van der Waals surface area contributed by atoms with E-state index in [0.717, 1.165) is 16.8 Å². The summed E-state index contributed by atoms with van der Waals surface area (Å²) < 4.78 is 5.02. The Bertz CT molecular complexity index is 704. The van der Waals surface area contributed by atoms with E-state index in [1.54, 1.807) is 18.2 Å². The summed E-state index contributed by atoms with van der Waals surface area (Å²) in [5.41, 5.74) is 2.63. The molecule has 0 aliphatic rings. The van der Waals surface area contributed by atoms with Crippen molar-refractivity contribution in [3.05, 3.63) is 53.2 Å². The average molecular weight is 298 g/mol. The fraction of sp³-hybridized carbons (Fsp3) is 0.176. The number of ether oxygens (including phenoxy) is 1. The maximum Gasteiger partial charge on any atom is 0.249 e. The summed E-state index contributed by atoms with van der Waals surface area (Å²) in [4.78, 5) is 16.2. The number of carbonyl (C=O) groups excluding carboxylic acids is 1. The molecule has 0 atom stereocenters. The van der Waals surface area contributed by atoms with Crippen LogP contribution in [-0.4, -0.2) is 23.1 Å². The molecule has 0 aliphatic carbocycles. The number of nitrogens with one attached hydrogen (secondary N) is 1. The van der Waals surface area contributed by atoms with Crippen LogP contribution in [0.5, 0.6) is 11.5 Å². The van der Waals surface area contributed by atoms with Crippen molar-refractivity contribution in [3.8, 4) is 11.5 Å². The first-order valence-electron chi connectivity index (χ1n) is 6.79. The number of aromatic nitrogens is 1. The van der Waals surface area contributed by atoms with Crippen LogP contribution < -0.4 is 10.1 Å². The zero-order valence-corrected chi connectivity index (χ0v) is 12.8. The lowest BCUT2D eigenvalue weighted by atomic mass is 10.2. The second-order valence-corrected chi connectivity index (χ2v) is 4.92. The van der Waals surface area contributed by atoms with Crippen LogP contribution in [0.3, 0.4) is 0 Å². The van der Waals surface area contributed by atoms with Crippen LogP contribution in [0.4, 0.5) is 5.82 Å². The summed E-state index contributed by atoms with van der Waals surface area (Å²) in [7, 11) is 1.47. The molecule has 2 rings (SSSR count). The van der Waals surface area contributed by atoms with E-state index in [9.17, 15) is 9.90 Å². The Morgan fingerprint density at radius 1 is 1.27 bits per heavy atom. The molecule has 0 radical (unpaired) electrons. The van der Waals surface area contributed by atoms with Crippen LogP contribution in [0, 0.1) is 13.8 Å². The van der Waals surface area contributed by atoms with Gasteiger partial charge in [-0.15, -0.1) is 0 Å². The molecule has 0 bridgehead atoms. The normalized spacial score (nSPS) is 10.7. The number of aromatic hydroxyl groups is 1. The Hall–Kier alpha value is -2.82. The molecule has 1 aromatic carbocycles. The molecule has 1 aromatic heterocycles. The van der Waals surface area contributed by atoms with Gasteiger partial charge in [-0.2, -0.15) is 0 Å². The summed E-state index contributed by atoms with van der Waals surface area (Å²) in [5.74, 6) is 0.669. The number of hydrogen-bond acceptors (Lipinski definition) is 4. The average Bonchev–Trinajstić information content (AvgIpc) is 2.45. The molecule has 0 aliphatic heterocycles. The van der Waals surface area contributed by atoms with Gasteiger partial charge < -0.3 is 15.2 Å². The van der Waals surface area contributed by atoms with Crippen LogP contribution in [0.15, 0.2) is 36.4 Å². The first-order valence-corrected chi connectivity index (χ1v) is 6.79. The standard InChI is InChI=1S/C17H18N2O3/c1-11-8-12(2)18-16(9-11)19-17(21)7-5-13-4-6-14(20)15(10-13)22-3/h4-10,20H,1-3H3,(H,18,19,21)/b7-5+. The zero-order chi connectivity index (χ0) is 16.1. The summed E-state index contributed by atoms with van der Waals surface area (Å²) in [6.07, 6.45) is 3.05. The lowest BCUT2D eigenvalue weighted by Crippen LogP contribution is -2.09. The largest absolute Gasteiger partial charge is 0.504 e. The Morgan fingerprint density at radius 2 is 2.05 bits per heavy atom. The third-order valence-corrected chi connectivity index (χ3v) is 2.98. The molecular formula is C17H18N2O3. The van der Waals surface area contributed by atoms with Crippen molar-refractivity contribution in [2.45, 2.75) is 13.8 Å². The van der Waals surface area contributed by atoms with Gasteiger partial charge in [0.2, 0.25) is 5.91 Å². The number of phenols is 1. The molecule has 0 unspecified atom stereocenters. The number of methoxy groups -OCH3 is 1. The second-order valence-electron chi connectivity index (χ2n) is 4.92. The van der Waals surface area contributed by atoms with Gasteiger partial charge in [-0.25, -0.2) is 4.98 Å². The highest BCUT2D eigenvalue weighted by atomic mass is 16.5. The first kappa shape index (κ1) is 15.6. The van der Waals surface area contributed by atoms with Crippen LogP contribution in [0.1, 0.15) is 16.8 Å². The third-order valence-electron chi connectivity index (χ3n) is 2.98. The molecule has 0 fully saturated rings. The van der Waals surface area contributed by atoms with E-state index >= 15 is 0 Å². The molecule has 22 heavy (non-hydrogen) atoms. The highest BCUT2D eigenvalue weighted by Gasteiger charge is 2.03. The molecular weight excluding hydrogens is 280 g/mol. The Kier molecular flexibility index (Phi) is 4.78. The number of rotatable bonds is 4. The lowest BCUT2D eigenvalue weighted by molar-refractivity contribution is -0.111. The fourth-order valence-electron chi connectivity index (χ4n) is 2.04. The van der Waals surface area contributed by atoms with Gasteiger partial charge in [0.15, 0.2) is 11.5 Å². The predicted molar refractivity (Wildman–Crippen MR) is 86.0 cm³/mol. The van der Waals surface area contributed by atoms with Crippen molar-refractivity contribution in [1.82, 2.24) is 4.98 Å². The molecule has 1 amide bonds. The summed E-state index contributed by atoms with van der Waals surface area (Å²) in [5, 5.41) is 12.2. The summed E-state index contributed by atoms with van der Waals surface area (Å²) >= 11 is 0. The van der Waals surface area contributed by atoms with E-state index in [1.165, 1.54) is 19.3 Å². The van der Waals surface area contributed by atoms with Crippen molar-refractivity contribution < 1.29 is 14.6 Å². The highest BCUT2D eigenvalue weighted by Crippen LogP contribution is 2.26. The predicted octanol–water partition coefficient (Wildman–Crippen LogP) is 3.06. The number of anilines is 1. The number of phenolic OH excluding ortho intramolecular Hbond substituents is 1. The van der Waals surface area contributed by atoms with Crippen molar-refractivity contribution in [2.24, 2.45) is 0 Å². The van der Waals surface area contributed by atoms with Crippen LogP contribution in [0.2, 0.25) is 0 Å². The van der Waals surface area contributed by atoms with Crippen LogP contribution in [-0.2, 0) is 4.79 Å². The molecule has 114 valence electrons. The van der Waals surface area contributed by atoms with E-state index in [1.807, 2.05) is 26.0 Å². The molecule has 2 N–H and O–H groups in total. The number of hydrogen-bond donors (Lipinski definition) is 2. The molecule has 0 spiro atoms. The Labute approximate surface area is 129 Å². The number of aryl methyl sites for hydroxylation is 2. The molecule has 2 aromatic rings.